The van der Waals surface area contributed by atoms with Gasteiger partial charge in [-0.1, -0.05) is 23.7 Å². The van der Waals surface area contributed by atoms with E-state index < -0.39 is 12.7 Å². The van der Waals surface area contributed by atoms with Gasteiger partial charge in [0.25, 0.3) is 5.91 Å². The maximum absolute atomic E-state index is 12.8. The van der Waals surface area contributed by atoms with Gasteiger partial charge in [0.2, 0.25) is 0 Å². The van der Waals surface area contributed by atoms with Crippen molar-refractivity contribution in [3.63, 3.8) is 0 Å². The third-order valence-electron chi connectivity index (χ3n) is 3.20. The standard InChI is InChI=1S/C15H16ClF2N3O2/c1-10(23-12-6-4-3-5-11(12)16)14(22)20(2)9-13-19-7-8-21(13)15(17)18/h3-8,10,15H,9H2,1-2H3. The molecular formula is C15H16ClF2N3O2. The molecule has 1 aromatic heterocycles. The Morgan fingerprint density at radius 1 is 1.43 bits per heavy atom. The van der Waals surface area contributed by atoms with E-state index >= 15 is 0 Å². The summed E-state index contributed by atoms with van der Waals surface area (Å²) in [6, 6.07) is 6.78. The van der Waals surface area contributed by atoms with Crippen molar-refractivity contribution >= 4 is 17.5 Å². The maximum atomic E-state index is 12.8. The highest BCUT2D eigenvalue weighted by Crippen LogP contribution is 2.24. The van der Waals surface area contributed by atoms with Crippen LogP contribution in [-0.2, 0) is 11.3 Å². The van der Waals surface area contributed by atoms with E-state index in [4.69, 9.17) is 16.3 Å². The molecule has 1 unspecified atom stereocenters. The number of para-hydroxylation sites is 1. The number of ether oxygens (including phenoxy) is 1. The minimum Gasteiger partial charge on any atom is -0.479 e. The fraction of sp³-hybridized carbons (Fsp3) is 0.333. The Morgan fingerprint density at radius 2 is 2.13 bits per heavy atom. The van der Waals surface area contributed by atoms with Crippen LogP contribution < -0.4 is 4.74 Å². The summed E-state index contributed by atoms with van der Waals surface area (Å²) < 4.78 is 31.8. The van der Waals surface area contributed by atoms with Crippen molar-refractivity contribution in [2.45, 2.75) is 26.1 Å². The lowest BCUT2D eigenvalue weighted by Gasteiger charge is -2.22. The number of hydrogen-bond acceptors (Lipinski definition) is 3. The van der Waals surface area contributed by atoms with Crippen LogP contribution in [0.15, 0.2) is 36.7 Å². The Morgan fingerprint density at radius 3 is 2.78 bits per heavy atom. The van der Waals surface area contributed by atoms with E-state index in [0.717, 1.165) is 0 Å². The summed E-state index contributed by atoms with van der Waals surface area (Å²) >= 11 is 5.98. The SMILES string of the molecule is CC(Oc1ccccc1Cl)C(=O)N(C)Cc1nccn1C(F)F. The average Bonchev–Trinajstić information content (AvgIpc) is 2.97. The molecule has 0 aliphatic rings. The molecule has 5 nitrogen and oxygen atoms in total. The zero-order valence-electron chi connectivity index (χ0n) is 12.6. The highest BCUT2D eigenvalue weighted by atomic mass is 35.5. The van der Waals surface area contributed by atoms with E-state index in [1.54, 1.807) is 31.2 Å². The average molecular weight is 344 g/mol. The molecule has 2 aromatic rings. The number of nitrogens with zero attached hydrogens (tertiary/aromatic N) is 3. The molecule has 0 radical (unpaired) electrons. The molecule has 124 valence electrons. The summed E-state index contributed by atoms with van der Waals surface area (Å²) in [4.78, 5) is 17.4. The summed E-state index contributed by atoms with van der Waals surface area (Å²) in [5, 5.41) is 0.392. The van der Waals surface area contributed by atoms with E-state index in [9.17, 15) is 13.6 Å². The largest absolute Gasteiger partial charge is 0.479 e. The second-order valence-corrected chi connectivity index (χ2v) is 5.32. The number of halogens is 3. The first kappa shape index (κ1) is 17.2. The van der Waals surface area contributed by atoms with Crippen molar-refractivity contribution in [2.24, 2.45) is 0 Å². The van der Waals surface area contributed by atoms with Crippen LogP contribution in [0, 0.1) is 0 Å². The molecular weight excluding hydrogens is 328 g/mol. The topological polar surface area (TPSA) is 47.4 Å². The lowest BCUT2D eigenvalue weighted by Crippen LogP contribution is -2.38. The monoisotopic (exact) mass is 343 g/mol. The van der Waals surface area contributed by atoms with E-state index in [2.05, 4.69) is 4.98 Å². The zero-order valence-corrected chi connectivity index (χ0v) is 13.4. The van der Waals surface area contributed by atoms with Gasteiger partial charge in [0, 0.05) is 19.4 Å². The molecule has 1 amide bonds. The predicted molar refractivity (Wildman–Crippen MR) is 81.5 cm³/mol. The Labute approximate surface area is 137 Å². The molecule has 0 fully saturated rings. The summed E-state index contributed by atoms with van der Waals surface area (Å²) in [7, 11) is 1.50. The number of hydrogen-bond donors (Lipinski definition) is 0. The molecule has 1 aromatic carbocycles. The Hall–Kier alpha value is -2.15. The van der Waals surface area contributed by atoms with E-state index in [1.807, 2.05) is 0 Å². The molecule has 0 aliphatic carbocycles. The first-order valence-electron chi connectivity index (χ1n) is 6.86. The second kappa shape index (κ2) is 7.41. The van der Waals surface area contributed by atoms with Crippen LogP contribution in [0.25, 0.3) is 0 Å². The third kappa shape index (κ3) is 4.19. The van der Waals surface area contributed by atoms with Crippen LogP contribution in [0.1, 0.15) is 19.3 Å². The van der Waals surface area contributed by atoms with Gasteiger partial charge < -0.3 is 9.64 Å². The number of alkyl halides is 2. The van der Waals surface area contributed by atoms with Crippen LogP contribution in [0.2, 0.25) is 5.02 Å². The molecule has 0 saturated carbocycles. The normalized spacial score (nSPS) is 12.3. The van der Waals surface area contributed by atoms with Crippen LogP contribution in [0.5, 0.6) is 5.75 Å². The first-order valence-corrected chi connectivity index (χ1v) is 7.24. The minimum atomic E-state index is -2.70. The van der Waals surface area contributed by atoms with Gasteiger partial charge in [0.15, 0.2) is 6.10 Å². The Balaban J connectivity index is 2.01. The number of carbonyl (C=O) groups excluding carboxylic acids is 1. The van der Waals surface area contributed by atoms with E-state index in [0.29, 0.717) is 15.3 Å². The number of amides is 1. The molecule has 0 aliphatic heterocycles. The fourth-order valence-electron chi connectivity index (χ4n) is 2.03. The number of aromatic nitrogens is 2. The molecule has 0 bridgehead atoms. The van der Waals surface area contributed by atoms with Crippen molar-refractivity contribution in [3.8, 4) is 5.75 Å². The molecule has 2 rings (SSSR count). The van der Waals surface area contributed by atoms with Gasteiger partial charge in [-0.3, -0.25) is 9.36 Å². The van der Waals surface area contributed by atoms with Crippen molar-refractivity contribution in [3.05, 3.63) is 47.5 Å². The first-order chi connectivity index (χ1) is 10.9. The van der Waals surface area contributed by atoms with Gasteiger partial charge in [-0.05, 0) is 19.1 Å². The van der Waals surface area contributed by atoms with Gasteiger partial charge in [-0.25, -0.2) is 4.98 Å². The van der Waals surface area contributed by atoms with Crippen LogP contribution in [0.3, 0.4) is 0 Å². The second-order valence-electron chi connectivity index (χ2n) is 4.91. The van der Waals surface area contributed by atoms with Crippen molar-refractivity contribution in [1.29, 1.82) is 0 Å². The number of rotatable bonds is 6. The van der Waals surface area contributed by atoms with Gasteiger partial charge in [-0.15, -0.1) is 0 Å². The predicted octanol–water partition coefficient (Wildman–Crippen LogP) is 3.36. The Bertz CT molecular complexity index is 678. The van der Waals surface area contributed by atoms with Gasteiger partial charge in [-0.2, -0.15) is 8.78 Å². The minimum absolute atomic E-state index is 0.0492. The number of likely N-dealkylation sites (N-methyl/N-ethyl adjacent to an activating group) is 1. The van der Waals surface area contributed by atoms with Gasteiger partial charge in [0.05, 0.1) is 11.6 Å². The zero-order chi connectivity index (χ0) is 17.0. The Kier molecular flexibility index (Phi) is 5.54. The highest BCUT2D eigenvalue weighted by Gasteiger charge is 2.22. The number of benzene rings is 1. The van der Waals surface area contributed by atoms with E-state index in [1.165, 1.54) is 24.3 Å². The molecule has 0 spiro atoms. The quantitative estimate of drug-likeness (QED) is 0.808. The molecule has 23 heavy (non-hydrogen) atoms. The van der Waals surface area contributed by atoms with Crippen LogP contribution in [0.4, 0.5) is 8.78 Å². The molecule has 0 N–H and O–H groups in total. The van der Waals surface area contributed by atoms with Crippen molar-refractivity contribution in [1.82, 2.24) is 14.5 Å². The molecule has 1 atom stereocenters. The third-order valence-corrected chi connectivity index (χ3v) is 3.51. The summed E-state index contributed by atoms with van der Waals surface area (Å²) in [5.74, 6) is 0.118. The maximum Gasteiger partial charge on any atom is 0.319 e. The molecule has 1 heterocycles. The van der Waals surface area contributed by atoms with Crippen LogP contribution >= 0.6 is 11.6 Å². The van der Waals surface area contributed by atoms with E-state index in [-0.39, 0.29) is 18.3 Å². The summed E-state index contributed by atoms with van der Waals surface area (Å²) in [6.07, 6.45) is 1.63. The lowest BCUT2D eigenvalue weighted by molar-refractivity contribution is -0.137. The molecule has 0 saturated heterocycles. The summed E-state index contributed by atoms with van der Waals surface area (Å²) in [6.45, 7) is -1.18. The van der Waals surface area contributed by atoms with Gasteiger partial charge >= 0.3 is 6.55 Å². The highest BCUT2D eigenvalue weighted by molar-refractivity contribution is 6.32. The molecule has 8 heteroatoms. The van der Waals surface area contributed by atoms with Crippen molar-refractivity contribution < 1.29 is 18.3 Å². The van der Waals surface area contributed by atoms with Gasteiger partial charge in [0.1, 0.15) is 11.6 Å². The fourth-order valence-corrected chi connectivity index (χ4v) is 2.21. The number of imidazole rings is 1. The smallest absolute Gasteiger partial charge is 0.319 e. The lowest BCUT2D eigenvalue weighted by atomic mass is 10.3. The summed E-state index contributed by atoms with van der Waals surface area (Å²) in [5.41, 5.74) is 0. The number of carbonyl (C=O) groups is 1. The van der Waals surface area contributed by atoms with Crippen LogP contribution in [-0.4, -0.2) is 33.5 Å². The van der Waals surface area contributed by atoms with Crippen molar-refractivity contribution in [2.75, 3.05) is 7.05 Å².